The number of sulfonamides is 1. The second kappa shape index (κ2) is 8.41. The van der Waals surface area contributed by atoms with Gasteiger partial charge < -0.3 is 15.0 Å². The zero-order valence-corrected chi connectivity index (χ0v) is 17.2. The molecule has 0 aromatic heterocycles. The van der Waals surface area contributed by atoms with Crippen molar-refractivity contribution in [2.24, 2.45) is 5.92 Å². The van der Waals surface area contributed by atoms with Crippen molar-refractivity contribution in [1.82, 2.24) is 9.21 Å². The van der Waals surface area contributed by atoms with Gasteiger partial charge in [-0.15, -0.1) is 0 Å². The summed E-state index contributed by atoms with van der Waals surface area (Å²) in [6.45, 7) is 1.84. The minimum Gasteiger partial charge on any atom is -0.379 e. The second-order valence-corrected chi connectivity index (χ2v) is 9.86. The van der Waals surface area contributed by atoms with Crippen molar-refractivity contribution in [3.8, 4) is 0 Å². The number of benzene rings is 1. The molecule has 2 amide bonds. The molecule has 1 aromatic rings. The lowest BCUT2D eigenvalue weighted by Crippen LogP contribution is -2.40. The van der Waals surface area contributed by atoms with Crippen LogP contribution in [0.1, 0.15) is 32.1 Å². The fraction of sp³-hybridized carbons (Fsp3) is 0.600. The topological polar surface area (TPSA) is 96.0 Å². The van der Waals surface area contributed by atoms with Crippen LogP contribution in [0.2, 0.25) is 0 Å². The first-order valence-electron chi connectivity index (χ1n) is 10.2. The Bertz CT molecular complexity index is 876. The molecule has 1 unspecified atom stereocenters. The summed E-state index contributed by atoms with van der Waals surface area (Å²) in [5.41, 5.74) is 0.427. The van der Waals surface area contributed by atoms with Gasteiger partial charge in [0.1, 0.15) is 0 Å². The number of nitrogens with one attached hydrogen (secondary N) is 1. The number of hydrogen-bond donors (Lipinski definition) is 1. The van der Waals surface area contributed by atoms with Crippen molar-refractivity contribution in [3.05, 3.63) is 24.3 Å². The highest BCUT2D eigenvalue weighted by Gasteiger charge is 2.38. The summed E-state index contributed by atoms with van der Waals surface area (Å²) in [7, 11) is -3.63. The van der Waals surface area contributed by atoms with E-state index in [2.05, 4.69) is 5.32 Å². The standard InChI is InChI=1S/C20H27N3O5S/c24-19-12-15(14-23(19)17-5-1-2-6-17)20(25)21-16-4-3-7-18(13-16)29(26,27)22-8-10-28-11-9-22/h3-4,7,13,15,17H,1-2,5-6,8-12,14H2,(H,21,25). The zero-order valence-electron chi connectivity index (χ0n) is 16.4. The predicted octanol–water partition coefficient (Wildman–Crippen LogP) is 1.44. The number of carbonyl (C=O) groups is 2. The van der Waals surface area contributed by atoms with Crippen LogP contribution < -0.4 is 5.32 Å². The lowest BCUT2D eigenvalue weighted by Gasteiger charge is -2.26. The summed E-state index contributed by atoms with van der Waals surface area (Å²) in [4.78, 5) is 27.1. The number of likely N-dealkylation sites (tertiary alicyclic amines) is 1. The number of amides is 2. The molecule has 9 heteroatoms. The molecule has 29 heavy (non-hydrogen) atoms. The maximum Gasteiger partial charge on any atom is 0.243 e. The molecule has 4 rings (SSSR count). The number of rotatable bonds is 5. The van der Waals surface area contributed by atoms with E-state index in [4.69, 9.17) is 4.74 Å². The number of ether oxygens (including phenoxy) is 1. The number of carbonyl (C=O) groups excluding carboxylic acids is 2. The molecule has 2 aliphatic heterocycles. The molecule has 1 atom stereocenters. The van der Waals surface area contributed by atoms with Gasteiger partial charge in [-0.3, -0.25) is 9.59 Å². The van der Waals surface area contributed by atoms with Crippen LogP contribution in [0.3, 0.4) is 0 Å². The van der Waals surface area contributed by atoms with E-state index < -0.39 is 15.9 Å². The van der Waals surface area contributed by atoms with Gasteiger partial charge in [0.05, 0.1) is 24.0 Å². The Hall–Kier alpha value is -1.97. The molecule has 1 N–H and O–H groups in total. The van der Waals surface area contributed by atoms with E-state index in [0.717, 1.165) is 25.7 Å². The van der Waals surface area contributed by atoms with Crippen molar-refractivity contribution in [1.29, 1.82) is 0 Å². The Labute approximate surface area is 171 Å². The fourth-order valence-electron chi connectivity index (χ4n) is 4.39. The maximum absolute atomic E-state index is 12.8. The van der Waals surface area contributed by atoms with Crippen LogP contribution in [0, 0.1) is 5.92 Å². The highest BCUT2D eigenvalue weighted by Crippen LogP contribution is 2.30. The predicted molar refractivity (Wildman–Crippen MR) is 107 cm³/mol. The minimum atomic E-state index is -3.63. The van der Waals surface area contributed by atoms with E-state index in [1.165, 1.54) is 16.4 Å². The molecule has 8 nitrogen and oxygen atoms in total. The summed E-state index contributed by atoms with van der Waals surface area (Å²) in [5, 5.41) is 2.81. The van der Waals surface area contributed by atoms with Crippen LogP contribution in [-0.4, -0.2) is 68.3 Å². The van der Waals surface area contributed by atoms with Gasteiger partial charge in [0.25, 0.3) is 0 Å². The fourth-order valence-corrected chi connectivity index (χ4v) is 5.85. The lowest BCUT2D eigenvalue weighted by molar-refractivity contribution is -0.129. The Morgan fingerprint density at radius 3 is 2.59 bits per heavy atom. The smallest absolute Gasteiger partial charge is 0.243 e. The van der Waals surface area contributed by atoms with Gasteiger partial charge in [-0.1, -0.05) is 18.9 Å². The molecule has 2 heterocycles. The summed E-state index contributed by atoms with van der Waals surface area (Å²) in [6.07, 6.45) is 4.52. The Morgan fingerprint density at radius 1 is 1.14 bits per heavy atom. The highest BCUT2D eigenvalue weighted by atomic mass is 32.2. The summed E-state index contributed by atoms with van der Waals surface area (Å²) < 4.78 is 32.3. The van der Waals surface area contributed by atoms with Crippen LogP contribution in [0.5, 0.6) is 0 Å². The van der Waals surface area contributed by atoms with Gasteiger partial charge in [-0.2, -0.15) is 4.31 Å². The lowest BCUT2D eigenvalue weighted by atomic mass is 10.1. The van der Waals surface area contributed by atoms with Gasteiger partial charge in [-0.05, 0) is 31.0 Å². The summed E-state index contributed by atoms with van der Waals surface area (Å²) >= 11 is 0. The summed E-state index contributed by atoms with van der Waals surface area (Å²) in [6, 6.07) is 6.56. The van der Waals surface area contributed by atoms with E-state index in [1.807, 2.05) is 4.90 Å². The largest absolute Gasteiger partial charge is 0.379 e. The number of anilines is 1. The van der Waals surface area contributed by atoms with Crippen LogP contribution in [0.15, 0.2) is 29.2 Å². The number of nitrogens with zero attached hydrogens (tertiary/aromatic N) is 2. The minimum absolute atomic E-state index is 0.0423. The Morgan fingerprint density at radius 2 is 1.86 bits per heavy atom. The van der Waals surface area contributed by atoms with E-state index in [9.17, 15) is 18.0 Å². The van der Waals surface area contributed by atoms with E-state index in [-0.39, 0.29) is 29.2 Å². The molecule has 0 spiro atoms. The van der Waals surface area contributed by atoms with Crippen LogP contribution in [-0.2, 0) is 24.3 Å². The molecule has 1 saturated carbocycles. The average Bonchev–Trinajstić information content (AvgIpc) is 3.38. The van der Waals surface area contributed by atoms with Gasteiger partial charge in [0.15, 0.2) is 0 Å². The number of morpholine rings is 1. The summed E-state index contributed by atoms with van der Waals surface area (Å²) in [5.74, 6) is -0.594. The zero-order chi connectivity index (χ0) is 20.4. The van der Waals surface area contributed by atoms with E-state index >= 15 is 0 Å². The van der Waals surface area contributed by atoms with Crippen LogP contribution in [0.25, 0.3) is 0 Å². The molecule has 158 valence electrons. The van der Waals surface area contributed by atoms with Crippen LogP contribution >= 0.6 is 0 Å². The molecular formula is C20H27N3O5S. The molecule has 1 aliphatic carbocycles. The molecule has 3 fully saturated rings. The Kier molecular flexibility index (Phi) is 5.89. The van der Waals surface area contributed by atoms with Gasteiger partial charge in [0.2, 0.25) is 21.8 Å². The monoisotopic (exact) mass is 421 g/mol. The molecular weight excluding hydrogens is 394 g/mol. The third kappa shape index (κ3) is 4.31. The third-order valence-corrected chi connectivity index (χ3v) is 7.90. The maximum atomic E-state index is 12.8. The Balaban J connectivity index is 1.42. The molecule has 1 aromatic carbocycles. The normalized spacial score (nSPS) is 24.2. The number of hydrogen-bond acceptors (Lipinski definition) is 5. The van der Waals surface area contributed by atoms with Gasteiger partial charge >= 0.3 is 0 Å². The first-order valence-corrected chi connectivity index (χ1v) is 11.7. The van der Waals surface area contributed by atoms with E-state index in [1.54, 1.807) is 12.1 Å². The first-order chi connectivity index (χ1) is 13.9. The average molecular weight is 422 g/mol. The van der Waals surface area contributed by atoms with Crippen molar-refractivity contribution in [2.75, 3.05) is 38.2 Å². The van der Waals surface area contributed by atoms with Gasteiger partial charge in [0, 0.05) is 37.8 Å². The van der Waals surface area contributed by atoms with Gasteiger partial charge in [-0.25, -0.2) is 8.42 Å². The highest BCUT2D eigenvalue weighted by molar-refractivity contribution is 7.89. The van der Waals surface area contributed by atoms with E-state index in [0.29, 0.717) is 38.5 Å². The van der Waals surface area contributed by atoms with Crippen molar-refractivity contribution in [2.45, 2.75) is 43.0 Å². The van der Waals surface area contributed by atoms with Crippen molar-refractivity contribution >= 4 is 27.5 Å². The molecule has 3 aliphatic rings. The molecule has 2 saturated heterocycles. The molecule has 0 radical (unpaired) electrons. The quantitative estimate of drug-likeness (QED) is 0.776. The first kappa shape index (κ1) is 20.3. The van der Waals surface area contributed by atoms with Crippen LogP contribution in [0.4, 0.5) is 5.69 Å². The van der Waals surface area contributed by atoms with Crippen molar-refractivity contribution in [3.63, 3.8) is 0 Å². The molecule has 0 bridgehead atoms. The second-order valence-electron chi connectivity index (χ2n) is 7.92. The SMILES string of the molecule is O=C(Nc1cccc(S(=O)(=O)N2CCOCC2)c1)C1CC(=O)N(C2CCCC2)C1. The van der Waals surface area contributed by atoms with Crippen molar-refractivity contribution < 1.29 is 22.7 Å². The third-order valence-electron chi connectivity index (χ3n) is 6.00.